The van der Waals surface area contributed by atoms with Gasteiger partial charge in [0.15, 0.2) is 0 Å². The van der Waals surface area contributed by atoms with E-state index in [4.69, 9.17) is 10.8 Å². The van der Waals surface area contributed by atoms with Crippen LogP contribution in [0.4, 0.5) is 11.5 Å². The van der Waals surface area contributed by atoms with Gasteiger partial charge >= 0.3 is 5.97 Å². The zero-order chi connectivity index (χ0) is 13.0. The second-order valence-corrected chi connectivity index (χ2v) is 3.77. The number of rotatable bonds is 4. The van der Waals surface area contributed by atoms with Gasteiger partial charge in [-0.25, -0.2) is 9.78 Å². The molecule has 92 valence electrons. The van der Waals surface area contributed by atoms with E-state index in [2.05, 4.69) is 10.3 Å². The largest absolute Gasteiger partial charge is 0.478 e. The van der Waals surface area contributed by atoms with Gasteiger partial charge in [-0.2, -0.15) is 0 Å². The maximum Gasteiger partial charge on any atom is 0.337 e. The number of nitrogens with two attached hydrogens (primary N) is 1. The van der Waals surface area contributed by atoms with Gasteiger partial charge in [0.2, 0.25) is 0 Å². The third-order valence-electron chi connectivity index (χ3n) is 2.52. The number of aromatic nitrogens is 1. The fourth-order valence-electron chi connectivity index (χ4n) is 1.58. The molecule has 0 saturated heterocycles. The number of carbonyl (C=O) groups is 1. The van der Waals surface area contributed by atoms with E-state index in [-0.39, 0.29) is 11.3 Å². The van der Waals surface area contributed by atoms with Crippen molar-refractivity contribution in [1.29, 1.82) is 0 Å². The Morgan fingerprint density at radius 2 is 2.00 bits per heavy atom. The summed E-state index contributed by atoms with van der Waals surface area (Å²) in [6.45, 7) is 0.543. The molecule has 0 aliphatic carbocycles. The smallest absolute Gasteiger partial charge is 0.337 e. The fourth-order valence-corrected chi connectivity index (χ4v) is 1.58. The number of nitrogen functional groups attached to an aromatic ring is 1. The molecule has 1 aromatic heterocycles. The molecule has 0 bridgehead atoms. The zero-order valence-electron chi connectivity index (χ0n) is 9.63. The third kappa shape index (κ3) is 2.57. The molecule has 1 heterocycles. The predicted octanol–water partition coefficient (Wildman–Crippen LogP) is 1.97. The highest BCUT2D eigenvalue weighted by Gasteiger charge is 2.11. The standard InChI is InChI=1S/C13H13N3O2/c14-11-10(13(17)18)6-7-15-12(11)16-8-9-4-2-1-3-5-9/h1-7H,8,14H2,(H,15,16)(H,17,18). The third-order valence-corrected chi connectivity index (χ3v) is 2.52. The number of pyridine rings is 1. The van der Waals surface area contributed by atoms with Gasteiger partial charge in [-0.05, 0) is 11.6 Å². The first-order valence-corrected chi connectivity index (χ1v) is 5.44. The van der Waals surface area contributed by atoms with Gasteiger partial charge in [-0.1, -0.05) is 30.3 Å². The Morgan fingerprint density at radius 3 is 2.67 bits per heavy atom. The van der Waals surface area contributed by atoms with Crippen LogP contribution in [-0.4, -0.2) is 16.1 Å². The molecule has 0 saturated carbocycles. The molecule has 5 heteroatoms. The summed E-state index contributed by atoms with van der Waals surface area (Å²) in [6.07, 6.45) is 1.42. The Labute approximate surface area is 104 Å². The summed E-state index contributed by atoms with van der Waals surface area (Å²) in [6, 6.07) is 11.1. The molecular formula is C13H13N3O2. The number of carboxylic acid groups (broad SMARTS) is 1. The van der Waals surface area contributed by atoms with E-state index in [9.17, 15) is 4.79 Å². The summed E-state index contributed by atoms with van der Waals surface area (Å²) in [5.74, 6) is -0.670. The molecule has 0 unspecified atom stereocenters. The van der Waals surface area contributed by atoms with Crippen LogP contribution in [0.3, 0.4) is 0 Å². The van der Waals surface area contributed by atoms with Crippen LogP contribution in [0.25, 0.3) is 0 Å². The first-order chi connectivity index (χ1) is 8.68. The van der Waals surface area contributed by atoms with Gasteiger partial charge in [0.05, 0.1) is 11.3 Å². The lowest BCUT2D eigenvalue weighted by Gasteiger charge is -2.09. The van der Waals surface area contributed by atoms with Crippen LogP contribution < -0.4 is 11.1 Å². The van der Waals surface area contributed by atoms with E-state index in [0.717, 1.165) is 5.56 Å². The fraction of sp³-hybridized carbons (Fsp3) is 0.0769. The second-order valence-electron chi connectivity index (χ2n) is 3.77. The van der Waals surface area contributed by atoms with Gasteiger partial charge in [0, 0.05) is 12.7 Å². The summed E-state index contributed by atoms with van der Waals surface area (Å²) < 4.78 is 0. The minimum absolute atomic E-state index is 0.0561. The molecule has 0 aliphatic rings. The minimum Gasteiger partial charge on any atom is -0.478 e. The molecule has 0 amide bonds. The Bertz CT molecular complexity index is 555. The summed E-state index contributed by atoms with van der Waals surface area (Å²) >= 11 is 0. The number of aromatic carboxylic acids is 1. The highest BCUT2D eigenvalue weighted by molar-refractivity contribution is 5.96. The molecule has 0 aliphatic heterocycles. The van der Waals surface area contributed by atoms with E-state index >= 15 is 0 Å². The number of hydrogen-bond acceptors (Lipinski definition) is 4. The molecular weight excluding hydrogens is 230 g/mol. The Kier molecular flexibility index (Phi) is 3.43. The lowest BCUT2D eigenvalue weighted by molar-refractivity contribution is 0.0698. The van der Waals surface area contributed by atoms with Crippen LogP contribution in [-0.2, 0) is 6.54 Å². The van der Waals surface area contributed by atoms with Crippen LogP contribution in [0.1, 0.15) is 15.9 Å². The zero-order valence-corrected chi connectivity index (χ0v) is 9.63. The molecule has 1 aromatic carbocycles. The summed E-state index contributed by atoms with van der Waals surface area (Å²) in [4.78, 5) is 14.9. The van der Waals surface area contributed by atoms with Gasteiger partial charge < -0.3 is 16.2 Å². The topological polar surface area (TPSA) is 88.2 Å². The van der Waals surface area contributed by atoms with Crippen molar-refractivity contribution >= 4 is 17.5 Å². The molecule has 5 nitrogen and oxygen atoms in total. The van der Waals surface area contributed by atoms with E-state index in [1.807, 2.05) is 30.3 Å². The van der Waals surface area contributed by atoms with E-state index in [1.165, 1.54) is 12.3 Å². The second kappa shape index (κ2) is 5.18. The van der Waals surface area contributed by atoms with E-state index in [0.29, 0.717) is 12.4 Å². The molecule has 2 aromatic rings. The lowest BCUT2D eigenvalue weighted by atomic mass is 10.2. The summed E-state index contributed by atoms with van der Waals surface area (Å²) in [5.41, 5.74) is 7.02. The molecule has 0 spiro atoms. The van der Waals surface area contributed by atoms with Crippen LogP contribution >= 0.6 is 0 Å². The monoisotopic (exact) mass is 243 g/mol. The van der Waals surface area contributed by atoms with Crippen LogP contribution in [0.15, 0.2) is 42.6 Å². The molecule has 0 atom stereocenters. The van der Waals surface area contributed by atoms with E-state index in [1.54, 1.807) is 0 Å². The predicted molar refractivity (Wildman–Crippen MR) is 69.4 cm³/mol. The normalized spacial score (nSPS) is 10.0. The van der Waals surface area contributed by atoms with Gasteiger partial charge in [-0.3, -0.25) is 0 Å². The number of carboxylic acids is 1. The number of nitrogens with one attached hydrogen (secondary N) is 1. The van der Waals surface area contributed by atoms with Crippen LogP contribution in [0.2, 0.25) is 0 Å². The molecule has 18 heavy (non-hydrogen) atoms. The van der Waals surface area contributed by atoms with E-state index < -0.39 is 5.97 Å². The average Bonchev–Trinajstić information content (AvgIpc) is 2.38. The Hall–Kier alpha value is -2.56. The molecule has 2 rings (SSSR count). The first kappa shape index (κ1) is 11.9. The highest BCUT2D eigenvalue weighted by Crippen LogP contribution is 2.20. The first-order valence-electron chi connectivity index (χ1n) is 5.44. The van der Waals surface area contributed by atoms with Crippen molar-refractivity contribution in [3.63, 3.8) is 0 Å². The Morgan fingerprint density at radius 1 is 1.28 bits per heavy atom. The number of anilines is 2. The molecule has 4 N–H and O–H groups in total. The van der Waals surface area contributed by atoms with Crippen LogP contribution in [0.5, 0.6) is 0 Å². The van der Waals surface area contributed by atoms with Crippen molar-refractivity contribution < 1.29 is 9.90 Å². The van der Waals surface area contributed by atoms with Crippen molar-refractivity contribution in [2.45, 2.75) is 6.54 Å². The summed E-state index contributed by atoms with van der Waals surface area (Å²) in [7, 11) is 0. The number of hydrogen-bond donors (Lipinski definition) is 3. The van der Waals surface area contributed by atoms with Crippen molar-refractivity contribution in [3.05, 3.63) is 53.7 Å². The lowest BCUT2D eigenvalue weighted by Crippen LogP contribution is -2.09. The van der Waals surface area contributed by atoms with Gasteiger partial charge in [-0.15, -0.1) is 0 Å². The maximum absolute atomic E-state index is 10.9. The highest BCUT2D eigenvalue weighted by atomic mass is 16.4. The number of benzene rings is 1. The maximum atomic E-state index is 10.9. The van der Waals surface area contributed by atoms with Crippen molar-refractivity contribution in [1.82, 2.24) is 4.98 Å². The summed E-state index contributed by atoms with van der Waals surface area (Å²) in [5, 5.41) is 12.0. The van der Waals surface area contributed by atoms with Gasteiger partial charge in [0.25, 0.3) is 0 Å². The van der Waals surface area contributed by atoms with Crippen molar-refractivity contribution in [3.8, 4) is 0 Å². The molecule has 0 fully saturated rings. The quantitative estimate of drug-likeness (QED) is 0.764. The Balaban J connectivity index is 2.15. The average molecular weight is 243 g/mol. The minimum atomic E-state index is -1.06. The van der Waals surface area contributed by atoms with Crippen molar-refractivity contribution in [2.75, 3.05) is 11.1 Å². The van der Waals surface area contributed by atoms with Crippen molar-refractivity contribution in [2.24, 2.45) is 0 Å². The van der Waals surface area contributed by atoms with Crippen LogP contribution in [0, 0.1) is 0 Å². The number of nitrogens with zero attached hydrogens (tertiary/aromatic N) is 1. The molecule has 0 radical (unpaired) electrons. The van der Waals surface area contributed by atoms with Gasteiger partial charge in [0.1, 0.15) is 5.82 Å². The SMILES string of the molecule is Nc1c(C(=O)O)ccnc1NCc1ccccc1.